The molecule has 0 aromatic heterocycles. The fourth-order valence-electron chi connectivity index (χ4n) is 3.53. The van der Waals surface area contributed by atoms with Crippen molar-refractivity contribution in [2.75, 3.05) is 38.0 Å². The molecule has 2 fully saturated rings. The number of benzene rings is 1. The standard InChI is InChI=1S/C17H23N3O2/c1-13(21)14-3-2-4-15(9-14)19-16(22)10-20-8-6-17(12-20)5-7-18-11-17/h2-4,9,18H,5-8,10-12H2,1H3,(H,19,22). The van der Waals surface area contributed by atoms with Gasteiger partial charge in [0.25, 0.3) is 0 Å². The molecule has 1 aromatic rings. The zero-order chi connectivity index (χ0) is 15.6. The second kappa shape index (κ2) is 6.18. The van der Waals surface area contributed by atoms with Gasteiger partial charge in [0.1, 0.15) is 0 Å². The maximum atomic E-state index is 12.2. The van der Waals surface area contributed by atoms with Crippen LogP contribution in [0.15, 0.2) is 24.3 Å². The molecule has 2 heterocycles. The molecule has 1 unspecified atom stereocenters. The van der Waals surface area contributed by atoms with Crippen molar-refractivity contribution < 1.29 is 9.59 Å². The molecule has 22 heavy (non-hydrogen) atoms. The monoisotopic (exact) mass is 301 g/mol. The van der Waals surface area contributed by atoms with Crippen molar-refractivity contribution in [2.45, 2.75) is 19.8 Å². The van der Waals surface area contributed by atoms with E-state index in [2.05, 4.69) is 15.5 Å². The smallest absolute Gasteiger partial charge is 0.238 e. The summed E-state index contributed by atoms with van der Waals surface area (Å²) in [6.45, 7) is 6.11. The molecule has 3 rings (SSSR count). The topological polar surface area (TPSA) is 61.4 Å². The maximum Gasteiger partial charge on any atom is 0.238 e. The second-order valence-corrected chi connectivity index (χ2v) is 6.57. The van der Waals surface area contributed by atoms with Gasteiger partial charge in [-0.1, -0.05) is 12.1 Å². The summed E-state index contributed by atoms with van der Waals surface area (Å²) in [5, 5.41) is 6.32. The number of likely N-dealkylation sites (tertiary alicyclic amines) is 1. The van der Waals surface area contributed by atoms with E-state index in [0.717, 1.165) is 26.2 Å². The van der Waals surface area contributed by atoms with Crippen LogP contribution in [-0.2, 0) is 4.79 Å². The number of hydrogen-bond acceptors (Lipinski definition) is 4. The minimum Gasteiger partial charge on any atom is -0.325 e. The van der Waals surface area contributed by atoms with Crippen molar-refractivity contribution in [2.24, 2.45) is 5.41 Å². The highest BCUT2D eigenvalue weighted by Gasteiger charge is 2.40. The molecule has 2 saturated heterocycles. The molecule has 2 aliphatic heterocycles. The third-order valence-electron chi connectivity index (χ3n) is 4.77. The van der Waals surface area contributed by atoms with Crippen molar-refractivity contribution in [3.05, 3.63) is 29.8 Å². The first-order chi connectivity index (χ1) is 10.6. The van der Waals surface area contributed by atoms with Crippen molar-refractivity contribution in [3.63, 3.8) is 0 Å². The van der Waals surface area contributed by atoms with Gasteiger partial charge in [0, 0.05) is 24.3 Å². The summed E-state index contributed by atoms with van der Waals surface area (Å²) >= 11 is 0. The van der Waals surface area contributed by atoms with Crippen molar-refractivity contribution in [1.82, 2.24) is 10.2 Å². The first-order valence-corrected chi connectivity index (χ1v) is 7.90. The predicted octanol–water partition coefficient (Wildman–Crippen LogP) is 1.51. The largest absolute Gasteiger partial charge is 0.325 e. The summed E-state index contributed by atoms with van der Waals surface area (Å²) < 4.78 is 0. The minimum atomic E-state index is -0.0105. The predicted molar refractivity (Wildman–Crippen MR) is 86.1 cm³/mol. The molecule has 1 spiro atoms. The highest BCUT2D eigenvalue weighted by Crippen LogP contribution is 2.35. The first kappa shape index (κ1) is 15.2. The van der Waals surface area contributed by atoms with Gasteiger partial charge in [0.05, 0.1) is 6.54 Å². The summed E-state index contributed by atoms with van der Waals surface area (Å²) in [6.07, 6.45) is 2.39. The average Bonchev–Trinajstić information content (AvgIpc) is 3.09. The van der Waals surface area contributed by atoms with Crippen molar-refractivity contribution >= 4 is 17.4 Å². The summed E-state index contributed by atoms with van der Waals surface area (Å²) in [5.41, 5.74) is 1.69. The third-order valence-corrected chi connectivity index (χ3v) is 4.77. The molecule has 2 N–H and O–H groups in total. The number of carbonyl (C=O) groups is 2. The summed E-state index contributed by atoms with van der Waals surface area (Å²) in [4.78, 5) is 25.8. The van der Waals surface area contributed by atoms with Crippen LogP contribution in [0.1, 0.15) is 30.1 Å². The lowest BCUT2D eigenvalue weighted by molar-refractivity contribution is -0.117. The number of nitrogens with one attached hydrogen (secondary N) is 2. The lowest BCUT2D eigenvalue weighted by Crippen LogP contribution is -2.34. The van der Waals surface area contributed by atoms with Crippen molar-refractivity contribution in [3.8, 4) is 0 Å². The number of anilines is 1. The number of carbonyl (C=O) groups excluding carboxylic acids is 2. The fraction of sp³-hybridized carbons (Fsp3) is 0.529. The first-order valence-electron chi connectivity index (χ1n) is 7.90. The highest BCUT2D eigenvalue weighted by atomic mass is 16.2. The molecule has 2 aliphatic rings. The Morgan fingerprint density at radius 2 is 2.23 bits per heavy atom. The van der Waals surface area contributed by atoms with Crippen LogP contribution in [0.3, 0.4) is 0 Å². The number of rotatable bonds is 4. The quantitative estimate of drug-likeness (QED) is 0.828. The molecule has 1 amide bonds. The van der Waals surface area contributed by atoms with Crippen molar-refractivity contribution in [1.29, 1.82) is 0 Å². The van der Waals surface area contributed by atoms with E-state index in [-0.39, 0.29) is 11.7 Å². The van der Waals surface area contributed by atoms with E-state index in [0.29, 0.717) is 23.2 Å². The molecular weight excluding hydrogens is 278 g/mol. The number of ketones is 1. The fourth-order valence-corrected chi connectivity index (χ4v) is 3.53. The van der Waals surface area contributed by atoms with E-state index in [1.807, 2.05) is 6.07 Å². The van der Waals surface area contributed by atoms with Gasteiger partial charge in [-0.15, -0.1) is 0 Å². The molecule has 5 nitrogen and oxygen atoms in total. The average molecular weight is 301 g/mol. The molecule has 0 bridgehead atoms. The molecule has 118 valence electrons. The number of hydrogen-bond donors (Lipinski definition) is 2. The maximum absolute atomic E-state index is 12.2. The zero-order valence-electron chi connectivity index (χ0n) is 13.0. The van der Waals surface area contributed by atoms with Gasteiger partial charge in [-0.2, -0.15) is 0 Å². The zero-order valence-corrected chi connectivity index (χ0v) is 13.0. The van der Waals surface area contributed by atoms with Gasteiger partial charge in [-0.25, -0.2) is 0 Å². The van der Waals surface area contributed by atoms with E-state index in [1.54, 1.807) is 18.2 Å². The Morgan fingerprint density at radius 1 is 1.36 bits per heavy atom. The molecule has 5 heteroatoms. The van der Waals surface area contributed by atoms with Gasteiger partial charge < -0.3 is 10.6 Å². The Hall–Kier alpha value is -1.72. The van der Waals surface area contributed by atoms with E-state index in [1.165, 1.54) is 19.8 Å². The molecule has 1 aromatic carbocycles. The van der Waals surface area contributed by atoms with Crippen LogP contribution < -0.4 is 10.6 Å². The Kier molecular flexibility index (Phi) is 4.27. The summed E-state index contributed by atoms with van der Waals surface area (Å²) in [6, 6.07) is 7.10. The second-order valence-electron chi connectivity index (χ2n) is 6.57. The van der Waals surface area contributed by atoms with Gasteiger partial charge >= 0.3 is 0 Å². The normalized spacial score (nSPS) is 24.8. The molecule has 0 saturated carbocycles. The molecule has 0 radical (unpaired) electrons. The number of amides is 1. The van der Waals surface area contributed by atoms with Gasteiger partial charge in [-0.05, 0) is 50.4 Å². The van der Waals surface area contributed by atoms with Crippen LogP contribution >= 0.6 is 0 Å². The number of nitrogens with zero attached hydrogens (tertiary/aromatic N) is 1. The van der Waals surface area contributed by atoms with E-state index >= 15 is 0 Å². The van der Waals surface area contributed by atoms with E-state index in [9.17, 15) is 9.59 Å². The van der Waals surface area contributed by atoms with Crippen LogP contribution in [0.5, 0.6) is 0 Å². The van der Waals surface area contributed by atoms with Crippen LogP contribution in [-0.4, -0.2) is 49.3 Å². The van der Waals surface area contributed by atoms with Crippen LogP contribution in [0.25, 0.3) is 0 Å². The Balaban J connectivity index is 1.55. The lowest BCUT2D eigenvalue weighted by atomic mass is 9.87. The lowest BCUT2D eigenvalue weighted by Gasteiger charge is -2.22. The molecular formula is C17H23N3O2. The van der Waals surface area contributed by atoms with Gasteiger partial charge in [0.15, 0.2) is 5.78 Å². The summed E-state index contributed by atoms with van der Waals surface area (Å²) in [5.74, 6) is -0.00461. The third kappa shape index (κ3) is 3.36. The molecule has 0 aliphatic carbocycles. The van der Waals surface area contributed by atoms with Crippen LogP contribution in [0.4, 0.5) is 5.69 Å². The number of Topliss-reactive ketones (excluding diaryl/α,β-unsaturated/α-hetero) is 1. The van der Waals surface area contributed by atoms with Crippen LogP contribution in [0, 0.1) is 5.41 Å². The SMILES string of the molecule is CC(=O)c1cccc(NC(=O)CN2CCC3(CCNC3)C2)c1. The van der Waals surface area contributed by atoms with E-state index < -0.39 is 0 Å². The Morgan fingerprint density at radius 3 is 2.95 bits per heavy atom. The minimum absolute atomic E-state index is 0.00585. The van der Waals surface area contributed by atoms with Crippen LogP contribution in [0.2, 0.25) is 0 Å². The highest BCUT2D eigenvalue weighted by molar-refractivity contribution is 5.97. The van der Waals surface area contributed by atoms with E-state index in [4.69, 9.17) is 0 Å². The van der Waals surface area contributed by atoms with Gasteiger partial charge in [-0.3, -0.25) is 14.5 Å². The van der Waals surface area contributed by atoms with Gasteiger partial charge in [0.2, 0.25) is 5.91 Å². The summed E-state index contributed by atoms with van der Waals surface area (Å²) in [7, 11) is 0. The Labute approximate surface area is 131 Å². The Bertz CT molecular complexity index is 579. The molecule has 1 atom stereocenters.